The Balaban J connectivity index is 2.41. The fourth-order valence-corrected chi connectivity index (χ4v) is 1.92. The van der Waals surface area contributed by atoms with E-state index < -0.39 is 6.17 Å². The van der Waals surface area contributed by atoms with E-state index in [0.29, 0.717) is 5.69 Å². The highest BCUT2D eigenvalue weighted by Gasteiger charge is 2.08. The third-order valence-electron chi connectivity index (χ3n) is 3.11. The first kappa shape index (κ1) is 13.7. The van der Waals surface area contributed by atoms with Crippen molar-refractivity contribution in [1.82, 2.24) is 4.98 Å². The number of alkyl halides is 1. The smallest absolute Gasteiger partial charge is 0.139 e. The maximum absolute atomic E-state index is 13.6. The summed E-state index contributed by atoms with van der Waals surface area (Å²) in [5.41, 5.74) is 2.90. The van der Waals surface area contributed by atoms with Gasteiger partial charge in [0.05, 0.1) is 5.69 Å². The second-order valence-corrected chi connectivity index (χ2v) is 5.02. The van der Waals surface area contributed by atoms with Crippen molar-refractivity contribution in [3.63, 3.8) is 0 Å². The van der Waals surface area contributed by atoms with Crippen LogP contribution in [0.5, 0.6) is 0 Å². The zero-order valence-corrected chi connectivity index (χ0v) is 11.3. The van der Waals surface area contributed by atoms with Gasteiger partial charge in [-0.1, -0.05) is 26.0 Å². The molecule has 0 saturated carbocycles. The molecule has 1 unspecified atom stereocenters. The number of rotatable bonds is 3. The first-order valence-electron chi connectivity index (χ1n) is 6.38. The quantitative estimate of drug-likeness (QED) is 0.754. The van der Waals surface area contributed by atoms with Crippen molar-refractivity contribution in [3.05, 3.63) is 53.6 Å². The Kier molecular flexibility index (Phi) is 3.93. The Labute approximate surface area is 112 Å². The van der Waals surface area contributed by atoms with E-state index in [1.807, 2.05) is 19.9 Å². The molecule has 19 heavy (non-hydrogen) atoms. The van der Waals surface area contributed by atoms with Gasteiger partial charge in [-0.15, -0.1) is 0 Å². The highest BCUT2D eigenvalue weighted by Crippen LogP contribution is 2.26. The van der Waals surface area contributed by atoms with E-state index in [0.717, 1.165) is 16.7 Å². The molecule has 1 nitrogen and oxygen atoms in total. The van der Waals surface area contributed by atoms with Crippen molar-refractivity contribution in [2.24, 2.45) is 0 Å². The van der Waals surface area contributed by atoms with Gasteiger partial charge in [0.25, 0.3) is 0 Å². The lowest BCUT2D eigenvalue weighted by molar-refractivity contribution is 0.366. The van der Waals surface area contributed by atoms with Gasteiger partial charge >= 0.3 is 0 Å². The van der Waals surface area contributed by atoms with Crippen LogP contribution in [0.3, 0.4) is 0 Å². The van der Waals surface area contributed by atoms with Crippen LogP contribution in [0.25, 0.3) is 11.1 Å². The normalized spacial score (nSPS) is 12.7. The van der Waals surface area contributed by atoms with E-state index in [-0.39, 0.29) is 11.7 Å². The molecule has 2 aromatic rings. The van der Waals surface area contributed by atoms with Crippen LogP contribution in [-0.4, -0.2) is 4.98 Å². The second-order valence-electron chi connectivity index (χ2n) is 5.02. The first-order chi connectivity index (χ1) is 8.97. The number of hydrogen-bond acceptors (Lipinski definition) is 1. The molecule has 3 heteroatoms. The Hall–Kier alpha value is -1.77. The van der Waals surface area contributed by atoms with Crippen molar-refractivity contribution in [2.75, 3.05) is 0 Å². The number of hydrogen-bond donors (Lipinski definition) is 0. The van der Waals surface area contributed by atoms with Crippen LogP contribution in [-0.2, 0) is 0 Å². The lowest BCUT2D eigenvalue weighted by Gasteiger charge is -2.09. The van der Waals surface area contributed by atoms with Crippen LogP contribution >= 0.6 is 0 Å². The van der Waals surface area contributed by atoms with Gasteiger partial charge in [0.1, 0.15) is 12.0 Å². The number of halogens is 2. The minimum Gasteiger partial charge on any atom is -0.258 e. The van der Waals surface area contributed by atoms with Crippen LogP contribution in [0.1, 0.15) is 44.1 Å². The standard InChI is InChI=1S/C16H17F2N/c1-10(2)13-6-14(8-15(18)7-13)12-4-5-16(11(3)17)19-9-12/h4-11H,1-3H3. The number of pyridine rings is 1. The summed E-state index contributed by atoms with van der Waals surface area (Å²) in [7, 11) is 0. The van der Waals surface area contributed by atoms with E-state index in [1.54, 1.807) is 24.4 Å². The predicted molar refractivity (Wildman–Crippen MR) is 73.2 cm³/mol. The van der Waals surface area contributed by atoms with E-state index >= 15 is 0 Å². The minimum atomic E-state index is -1.09. The van der Waals surface area contributed by atoms with Crippen molar-refractivity contribution in [2.45, 2.75) is 32.9 Å². The van der Waals surface area contributed by atoms with Gasteiger partial charge < -0.3 is 0 Å². The van der Waals surface area contributed by atoms with E-state index in [9.17, 15) is 8.78 Å². The molecule has 0 fully saturated rings. The van der Waals surface area contributed by atoms with Crippen LogP contribution in [0.2, 0.25) is 0 Å². The summed E-state index contributed by atoms with van der Waals surface area (Å²) in [5.74, 6) is -0.00307. The highest BCUT2D eigenvalue weighted by molar-refractivity contribution is 5.63. The van der Waals surface area contributed by atoms with Gasteiger partial charge in [-0.2, -0.15) is 0 Å². The molecular weight excluding hydrogens is 244 g/mol. The van der Waals surface area contributed by atoms with Gasteiger partial charge in [-0.3, -0.25) is 4.98 Å². The number of benzene rings is 1. The molecule has 0 saturated heterocycles. The average molecular weight is 261 g/mol. The Bertz CT molecular complexity index is 559. The number of nitrogens with zero attached hydrogens (tertiary/aromatic N) is 1. The molecule has 1 aromatic carbocycles. The molecule has 0 spiro atoms. The molecular formula is C16H17F2N. The summed E-state index contributed by atoms with van der Waals surface area (Å²) in [6, 6.07) is 8.38. The maximum Gasteiger partial charge on any atom is 0.139 e. The molecule has 100 valence electrons. The van der Waals surface area contributed by atoms with Crippen LogP contribution in [0, 0.1) is 5.82 Å². The van der Waals surface area contributed by atoms with Crippen molar-refractivity contribution < 1.29 is 8.78 Å². The average Bonchev–Trinajstić information content (AvgIpc) is 2.38. The lowest BCUT2D eigenvalue weighted by atomic mass is 9.97. The van der Waals surface area contributed by atoms with E-state index in [1.165, 1.54) is 13.0 Å². The molecule has 1 aromatic heterocycles. The Morgan fingerprint density at radius 1 is 1.00 bits per heavy atom. The zero-order chi connectivity index (χ0) is 14.0. The van der Waals surface area contributed by atoms with Gasteiger partial charge in [0.15, 0.2) is 0 Å². The summed E-state index contributed by atoms with van der Waals surface area (Å²) in [4.78, 5) is 4.06. The van der Waals surface area contributed by atoms with Crippen LogP contribution in [0.4, 0.5) is 8.78 Å². The first-order valence-corrected chi connectivity index (χ1v) is 6.38. The van der Waals surface area contributed by atoms with Gasteiger partial charge in [-0.05, 0) is 42.2 Å². The summed E-state index contributed by atoms with van der Waals surface area (Å²) in [5, 5.41) is 0. The van der Waals surface area contributed by atoms with Crippen molar-refractivity contribution in [1.29, 1.82) is 0 Å². The van der Waals surface area contributed by atoms with Crippen molar-refractivity contribution >= 4 is 0 Å². The zero-order valence-electron chi connectivity index (χ0n) is 11.3. The molecule has 0 aliphatic rings. The second kappa shape index (κ2) is 5.47. The molecule has 0 aliphatic heterocycles. The van der Waals surface area contributed by atoms with Gasteiger partial charge in [0, 0.05) is 11.8 Å². The maximum atomic E-state index is 13.6. The largest absolute Gasteiger partial charge is 0.258 e. The Morgan fingerprint density at radius 2 is 1.74 bits per heavy atom. The minimum absolute atomic E-state index is 0.257. The van der Waals surface area contributed by atoms with E-state index in [2.05, 4.69) is 4.98 Å². The molecule has 0 aliphatic carbocycles. The summed E-state index contributed by atoms with van der Waals surface area (Å²) in [6.07, 6.45) is 0.498. The molecule has 1 heterocycles. The monoisotopic (exact) mass is 261 g/mol. The van der Waals surface area contributed by atoms with E-state index in [4.69, 9.17) is 0 Å². The fraction of sp³-hybridized carbons (Fsp3) is 0.312. The Morgan fingerprint density at radius 3 is 2.26 bits per heavy atom. The van der Waals surface area contributed by atoms with Crippen molar-refractivity contribution in [3.8, 4) is 11.1 Å². The summed E-state index contributed by atoms with van der Waals surface area (Å²) >= 11 is 0. The molecule has 1 atom stereocenters. The van der Waals surface area contributed by atoms with Crippen LogP contribution < -0.4 is 0 Å². The third kappa shape index (κ3) is 3.16. The third-order valence-corrected chi connectivity index (χ3v) is 3.11. The van der Waals surface area contributed by atoms with Gasteiger partial charge in [0.2, 0.25) is 0 Å². The van der Waals surface area contributed by atoms with Gasteiger partial charge in [-0.25, -0.2) is 8.78 Å². The molecule has 2 rings (SSSR count). The molecule has 0 bridgehead atoms. The number of aromatic nitrogens is 1. The van der Waals surface area contributed by atoms with Crippen LogP contribution in [0.15, 0.2) is 36.5 Å². The summed E-state index contributed by atoms with van der Waals surface area (Å²) in [6.45, 7) is 5.48. The highest BCUT2D eigenvalue weighted by atomic mass is 19.1. The molecule has 0 radical (unpaired) electrons. The lowest BCUT2D eigenvalue weighted by Crippen LogP contribution is -1.93. The molecule has 0 amide bonds. The topological polar surface area (TPSA) is 12.9 Å². The summed E-state index contributed by atoms with van der Waals surface area (Å²) < 4.78 is 26.7. The fourth-order valence-electron chi connectivity index (χ4n) is 1.92. The SMILES string of the molecule is CC(C)c1cc(F)cc(-c2ccc(C(C)F)nc2)c1. The molecule has 0 N–H and O–H groups in total. The predicted octanol–water partition coefficient (Wildman–Crippen LogP) is 5.04.